The molecule has 0 saturated heterocycles. The Bertz CT molecular complexity index is 354. The highest BCUT2D eigenvalue weighted by Crippen LogP contribution is 2.12. The Morgan fingerprint density at radius 2 is 1.19 bits per heavy atom. The maximum absolute atomic E-state index is 11.6. The molecule has 0 aliphatic carbocycles. The average molecular weight is 385 g/mol. The molecule has 3 N–H and O–H groups in total. The molecule has 160 valence electrons. The van der Waals surface area contributed by atoms with Crippen LogP contribution in [0, 0.1) is 0 Å². The van der Waals surface area contributed by atoms with Gasteiger partial charge in [-0.1, -0.05) is 83.3 Å². The highest BCUT2D eigenvalue weighted by molar-refractivity contribution is 5.83. The summed E-state index contributed by atoms with van der Waals surface area (Å²) in [5.74, 6) is -0.371. The highest BCUT2D eigenvalue weighted by Gasteiger charge is 2.22. The van der Waals surface area contributed by atoms with Crippen molar-refractivity contribution in [1.29, 1.82) is 0 Å². The number of ketones is 1. The summed E-state index contributed by atoms with van der Waals surface area (Å²) in [6.45, 7) is 1.67. The Morgan fingerprint density at radius 1 is 0.741 bits per heavy atom. The maximum atomic E-state index is 11.6. The fraction of sp³-hybridized carbons (Fsp3) is 0.870. The molecular weight excluding hydrogens is 340 g/mol. The summed E-state index contributed by atoms with van der Waals surface area (Å²) in [5.41, 5.74) is 0. The zero-order chi connectivity index (χ0) is 20.2. The van der Waals surface area contributed by atoms with Crippen LogP contribution in [-0.4, -0.2) is 39.9 Å². The van der Waals surface area contributed by atoms with Crippen LogP contribution in [0.3, 0.4) is 0 Å². The van der Waals surface area contributed by atoms with Gasteiger partial charge in [0.05, 0.1) is 6.61 Å². The van der Waals surface area contributed by atoms with Crippen molar-refractivity contribution in [3.63, 3.8) is 0 Å². The largest absolute Gasteiger partial charge is 0.394 e. The number of aliphatic hydroxyl groups is 3. The van der Waals surface area contributed by atoms with Crippen molar-refractivity contribution in [1.82, 2.24) is 0 Å². The van der Waals surface area contributed by atoms with Gasteiger partial charge >= 0.3 is 0 Å². The third kappa shape index (κ3) is 17.1. The van der Waals surface area contributed by atoms with Crippen LogP contribution in [0.1, 0.15) is 110 Å². The van der Waals surface area contributed by atoms with Crippen molar-refractivity contribution < 1.29 is 20.1 Å². The lowest BCUT2D eigenvalue weighted by atomic mass is 10.0. The number of rotatable bonds is 20. The fourth-order valence-corrected chi connectivity index (χ4v) is 3.19. The van der Waals surface area contributed by atoms with Crippen LogP contribution < -0.4 is 0 Å². The molecular formula is C23H44O4. The zero-order valence-corrected chi connectivity index (χ0v) is 17.6. The van der Waals surface area contributed by atoms with E-state index in [0.29, 0.717) is 0 Å². The second-order valence-corrected chi connectivity index (χ2v) is 7.70. The summed E-state index contributed by atoms with van der Waals surface area (Å²) < 4.78 is 0. The molecule has 0 rings (SSSR count). The van der Waals surface area contributed by atoms with E-state index in [0.717, 1.165) is 19.3 Å². The van der Waals surface area contributed by atoms with Crippen LogP contribution in [-0.2, 0) is 4.79 Å². The van der Waals surface area contributed by atoms with Gasteiger partial charge in [0.1, 0.15) is 12.2 Å². The van der Waals surface area contributed by atoms with Crippen molar-refractivity contribution >= 4 is 5.78 Å². The lowest BCUT2D eigenvalue weighted by molar-refractivity contribution is -0.134. The molecule has 0 aromatic rings. The molecule has 0 radical (unpaired) electrons. The normalized spacial score (nSPS) is 13.9. The molecule has 27 heavy (non-hydrogen) atoms. The standard InChI is InChI=1S/C23H44O4/c1-2-3-4-5-6-7-8-9-10-11-12-13-14-15-16-17-18-19-21(25)23(27)22(26)20-24/h9-10,22-24,26-27H,2-8,11-20H2,1H3/b10-9-. The number of allylic oxidation sites excluding steroid dienone is 2. The molecule has 0 fully saturated rings. The number of aliphatic hydroxyl groups excluding tert-OH is 3. The van der Waals surface area contributed by atoms with E-state index in [9.17, 15) is 15.0 Å². The first kappa shape index (κ1) is 26.3. The van der Waals surface area contributed by atoms with Crippen LogP contribution >= 0.6 is 0 Å². The molecule has 0 heterocycles. The predicted octanol–water partition coefficient (Wildman–Crippen LogP) is 5.09. The topological polar surface area (TPSA) is 77.8 Å². The summed E-state index contributed by atoms with van der Waals surface area (Å²) >= 11 is 0. The molecule has 4 heteroatoms. The lowest BCUT2D eigenvalue weighted by Crippen LogP contribution is -2.36. The monoisotopic (exact) mass is 384 g/mol. The van der Waals surface area contributed by atoms with Gasteiger partial charge in [-0.2, -0.15) is 0 Å². The summed E-state index contributed by atoms with van der Waals surface area (Å²) in [4.78, 5) is 11.6. The van der Waals surface area contributed by atoms with Gasteiger partial charge in [0.15, 0.2) is 5.78 Å². The van der Waals surface area contributed by atoms with E-state index in [2.05, 4.69) is 19.1 Å². The van der Waals surface area contributed by atoms with Crippen molar-refractivity contribution in [3.05, 3.63) is 12.2 Å². The minimum atomic E-state index is -1.44. The molecule has 0 amide bonds. The first-order valence-corrected chi connectivity index (χ1v) is 11.3. The van der Waals surface area contributed by atoms with Gasteiger partial charge in [-0.05, 0) is 32.1 Å². The summed E-state index contributed by atoms with van der Waals surface area (Å²) in [7, 11) is 0. The first-order chi connectivity index (χ1) is 13.1. The van der Waals surface area contributed by atoms with Crippen LogP contribution in [0.5, 0.6) is 0 Å². The number of hydrogen-bond donors (Lipinski definition) is 3. The first-order valence-electron chi connectivity index (χ1n) is 11.3. The molecule has 0 bridgehead atoms. The fourth-order valence-electron chi connectivity index (χ4n) is 3.19. The second kappa shape index (κ2) is 20.0. The Morgan fingerprint density at radius 3 is 1.67 bits per heavy atom. The van der Waals surface area contributed by atoms with Crippen LogP contribution in [0.15, 0.2) is 12.2 Å². The Hall–Kier alpha value is -0.710. The summed E-state index contributed by atoms with van der Waals surface area (Å²) in [5, 5.41) is 27.4. The molecule has 0 aliphatic rings. The van der Waals surface area contributed by atoms with E-state index >= 15 is 0 Å². The predicted molar refractivity (Wildman–Crippen MR) is 113 cm³/mol. The van der Waals surface area contributed by atoms with Gasteiger partial charge < -0.3 is 15.3 Å². The number of hydrogen-bond acceptors (Lipinski definition) is 4. The molecule has 0 aliphatic heterocycles. The Labute approximate surface area is 167 Å². The van der Waals surface area contributed by atoms with Crippen molar-refractivity contribution in [3.8, 4) is 0 Å². The van der Waals surface area contributed by atoms with Gasteiger partial charge in [0.2, 0.25) is 0 Å². The smallest absolute Gasteiger partial charge is 0.164 e. The minimum Gasteiger partial charge on any atom is -0.394 e. The minimum absolute atomic E-state index is 0.279. The molecule has 0 spiro atoms. The Kier molecular flexibility index (Phi) is 19.5. The molecule has 0 saturated carbocycles. The summed E-state index contributed by atoms with van der Waals surface area (Å²) in [6.07, 6.45) is 20.6. The summed E-state index contributed by atoms with van der Waals surface area (Å²) in [6, 6.07) is 0. The van der Waals surface area contributed by atoms with E-state index in [-0.39, 0.29) is 12.2 Å². The molecule has 2 atom stereocenters. The van der Waals surface area contributed by atoms with Gasteiger partial charge in [-0.25, -0.2) is 0 Å². The van der Waals surface area contributed by atoms with Gasteiger partial charge in [0.25, 0.3) is 0 Å². The number of Topliss-reactive ketones (excluding diaryl/α,β-unsaturated/α-hetero) is 1. The zero-order valence-electron chi connectivity index (χ0n) is 17.6. The number of carbonyl (C=O) groups excluding carboxylic acids is 1. The SMILES string of the molecule is CCCCCCCC/C=C\CCCCCCCCCC(=O)C(O)C(O)CO. The number of unbranched alkanes of at least 4 members (excludes halogenated alkanes) is 13. The van der Waals surface area contributed by atoms with Crippen molar-refractivity contribution in [2.45, 2.75) is 122 Å². The average Bonchev–Trinajstić information content (AvgIpc) is 2.68. The van der Waals surface area contributed by atoms with E-state index in [1.54, 1.807) is 0 Å². The van der Waals surface area contributed by atoms with E-state index in [4.69, 9.17) is 5.11 Å². The Balaban J connectivity index is 3.29. The van der Waals surface area contributed by atoms with Gasteiger partial charge in [0, 0.05) is 6.42 Å². The van der Waals surface area contributed by atoms with E-state index < -0.39 is 18.8 Å². The molecule has 0 aromatic carbocycles. The molecule has 4 nitrogen and oxygen atoms in total. The van der Waals surface area contributed by atoms with Crippen LogP contribution in [0.2, 0.25) is 0 Å². The van der Waals surface area contributed by atoms with Crippen LogP contribution in [0.4, 0.5) is 0 Å². The van der Waals surface area contributed by atoms with E-state index in [1.165, 1.54) is 77.0 Å². The van der Waals surface area contributed by atoms with E-state index in [1.807, 2.05) is 0 Å². The lowest BCUT2D eigenvalue weighted by Gasteiger charge is -2.13. The quantitative estimate of drug-likeness (QED) is 0.202. The van der Waals surface area contributed by atoms with Gasteiger partial charge in [-0.15, -0.1) is 0 Å². The number of carbonyl (C=O) groups is 1. The third-order valence-electron chi connectivity index (χ3n) is 5.07. The molecule has 0 aromatic heterocycles. The van der Waals surface area contributed by atoms with Gasteiger partial charge in [-0.3, -0.25) is 4.79 Å². The van der Waals surface area contributed by atoms with Crippen molar-refractivity contribution in [2.24, 2.45) is 0 Å². The highest BCUT2D eigenvalue weighted by atomic mass is 16.4. The van der Waals surface area contributed by atoms with Crippen molar-refractivity contribution in [2.75, 3.05) is 6.61 Å². The maximum Gasteiger partial charge on any atom is 0.164 e. The second-order valence-electron chi connectivity index (χ2n) is 7.70. The third-order valence-corrected chi connectivity index (χ3v) is 5.07. The molecule has 2 unspecified atom stereocenters. The van der Waals surface area contributed by atoms with Crippen LogP contribution in [0.25, 0.3) is 0 Å².